The number of likely N-dealkylation sites (tertiary alicyclic amines) is 1. The summed E-state index contributed by atoms with van der Waals surface area (Å²) in [6.07, 6.45) is 1.46. The van der Waals surface area contributed by atoms with Gasteiger partial charge in [0.2, 0.25) is 17.6 Å². The number of hydrogen-bond donors (Lipinski definition) is 2. The van der Waals surface area contributed by atoms with E-state index in [0.29, 0.717) is 27.9 Å². The molecule has 10 nitrogen and oxygen atoms in total. The van der Waals surface area contributed by atoms with Crippen molar-refractivity contribution in [2.45, 2.75) is 32.1 Å². The van der Waals surface area contributed by atoms with Crippen molar-refractivity contribution in [1.82, 2.24) is 24.6 Å². The van der Waals surface area contributed by atoms with E-state index < -0.39 is 35.8 Å². The van der Waals surface area contributed by atoms with Gasteiger partial charge in [-0.15, -0.1) is 0 Å². The molecule has 40 heavy (non-hydrogen) atoms. The lowest BCUT2D eigenvalue weighted by molar-refractivity contribution is -0.137. The molecule has 0 radical (unpaired) electrons. The van der Waals surface area contributed by atoms with Crippen LogP contribution >= 0.6 is 0 Å². The van der Waals surface area contributed by atoms with Gasteiger partial charge in [-0.25, -0.2) is 18.7 Å². The molecule has 3 amide bonds. The summed E-state index contributed by atoms with van der Waals surface area (Å²) < 4.78 is 30.1. The molecule has 12 heteroatoms. The number of carbonyl (C=O) groups is 3. The van der Waals surface area contributed by atoms with Crippen molar-refractivity contribution in [3.8, 4) is 11.8 Å². The first-order valence-electron chi connectivity index (χ1n) is 12.3. The third kappa shape index (κ3) is 5.35. The first-order valence-corrected chi connectivity index (χ1v) is 12.3. The Kier molecular flexibility index (Phi) is 7.20. The lowest BCUT2D eigenvalue weighted by Crippen LogP contribution is -2.44. The van der Waals surface area contributed by atoms with Crippen molar-refractivity contribution >= 4 is 34.3 Å². The summed E-state index contributed by atoms with van der Waals surface area (Å²) in [4.78, 5) is 47.6. The van der Waals surface area contributed by atoms with Gasteiger partial charge in [-0.1, -0.05) is 18.1 Å². The van der Waals surface area contributed by atoms with Crippen molar-refractivity contribution in [3.63, 3.8) is 0 Å². The largest absolute Gasteiger partial charge is 0.364 e. The molecule has 4 aromatic rings. The number of benzene rings is 2. The number of carbonyl (C=O) groups excluding carboxylic acids is 3. The molecule has 1 fully saturated rings. The van der Waals surface area contributed by atoms with Crippen LogP contribution in [0.25, 0.3) is 10.9 Å². The Morgan fingerprint density at radius 1 is 1.12 bits per heavy atom. The number of aryl methyl sites for hydroxylation is 1. The molecule has 0 spiro atoms. The number of alkyl halides is 1. The highest BCUT2D eigenvalue weighted by Gasteiger charge is 2.40. The van der Waals surface area contributed by atoms with Crippen LogP contribution in [0.15, 0.2) is 54.9 Å². The zero-order chi connectivity index (χ0) is 28.4. The van der Waals surface area contributed by atoms with Gasteiger partial charge >= 0.3 is 0 Å². The second-order valence-corrected chi connectivity index (χ2v) is 9.25. The van der Waals surface area contributed by atoms with Crippen LogP contribution < -0.4 is 11.1 Å². The highest BCUT2D eigenvalue weighted by Crippen LogP contribution is 2.25. The first kappa shape index (κ1) is 26.4. The average Bonchev–Trinajstić information content (AvgIpc) is 3.51. The maximum atomic E-state index is 14.4. The Morgan fingerprint density at radius 2 is 1.90 bits per heavy atom. The molecule has 0 saturated carbocycles. The summed E-state index contributed by atoms with van der Waals surface area (Å²) in [7, 11) is 0. The highest BCUT2D eigenvalue weighted by atomic mass is 19.1. The van der Waals surface area contributed by atoms with Crippen LogP contribution in [-0.2, 0) is 16.1 Å². The highest BCUT2D eigenvalue weighted by molar-refractivity contribution is 6.05. The van der Waals surface area contributed by atoms with E-state index in [9.17, 15) is 23.2 Å². The summed E-state index contributed by atoms with van der Waals surface area (Å²) >= 11 is 0. The molecular formula is C28H23F2N7O3. The van der Waals surface area contributed by atoms with Crippen molar-refractivity contribution in [2.24, 2.45) is 5.73 Å². The predicted octanol–water partition coefficient (Wildman–Crippen LogP) is 2.35. The summed E-state index contributed by atoms with van der Waals surface area (Å²) in [5.74, 6) is 3.33. The van der Waals surface area contributed by atoms with Gasteiger partial charge in [0, 0.05) is 29.8 Å². The van der Waals surface area contributed by atoms with Gasteiger partial charge in [0.1, 0.15) is 24.6 Å². The topological polar surface area (TPSA) is 136 Å². The Hall–Kier alpha value is -5.18. The van der Waals surface area contributed by atoms with Crippen molar-refractivity contribution in [3.05, 3.63) is 83.3 Å². The van der Waals surface area contributed by atoms with E-state index in [-0.39, 0.29) is 30.9 Å². The Labute approximate surface area is 227 Å². The average molecular weight is 544 g/mol. The molecule has 3 heterocycles. The molecule has 2 aromatic carbocycles. The second kappa shape index (κ2) is 10.9. The lowest BCUT2D eigenvalue weighted by atomic mass is 10.1. The maximum absolute atomic E-state index is 14.4. The fourth-order valence-corrected chi connectivity index (χ4v) is 4.54. The summed E-state index contributed by atoms with van der Waals surface area (Å²) in [6, 6.07) is 9.95. The predicted molar refractivity (Wildman–Crippen MR) is 141 cm³/mol. The van der Waals surface area contributed by atoms with Crippen LogP contribution in [0.3, 0.4) is 0 Å². The van der Waals surface area contributed by atoms with Crippen LogP contribution in [0.1, 0.15) is 33.9 Å². The van der Waals surface area contributed by atoms with Gasteiger partial charge in [0.15, 0.2) is 5.69 Å². The van der Waals surface area contributed by atoms with Crippen molar-refractivity contribution in [2.75, 3.05) is 11.9 Å². The van der Waals surface area contributed by atoms with Gasteiger partial charge in [-0.05, 0) is 48.7 Å². The van der Waals surface area contributed by atoms with Gasteiger partial charge in [-0.3, -0.25) is 19.1 Å². The monoisotopic (exact) mass is 543 g/mol. The summed E-state index contributed by atoms with van der Waals surface area (Å²) in [5.41, 5.74) is 6.70. The van der Waals surface area contributed by atoms with E-state index in [1.165, 1.54) is 10.7 Å². The van der Waals surface area contributed by atoms with E-state index in [2.05, 4.69) is 32.2 Å². The normalized spacial score (nSPS) is 16.4. The van der Waals surface area contributed by atoms with Crippen LogP contribution in [0.4, 0.5) is 14.5 Å². The fraction of sp³-hybridized carbons (Fsp3) is 0.214. The quantitative estimate of drug-likeness (QED) is 0.371. The number of primary amides is 1. The van der Waals surface area contributed by atoms with E-state index in [1.54, 1.807) is 55.7 Å². The van der Waals surface area contributed by atoms with Crippen LogP contribution in [0.5, 0.6) is 0 Å². The SMILES string of the molecule is Cc1cccc(NC(=O)[C@@H]2C[C@@H](F)CN2C(=O)Cn2nc(C(N)=O)c3cc(C#Cc4ncccn4)ccc32)c1F. The smallest absolute Gasteiger partial charge is 0.269 e. The van der Waals surface area contributed by atoms with Crippen LogP contribution in [-0.4, -0.2) is 61.1 Å². The third-order valence-electron chi connectivity index (χ3n) is 6.48. The maximum Gasteiger partial charge on any atom is 0.269 e. The molecule has 1 saturated heterocycles. The number of nitrogens with one attached hydrogen (secondary N) is 1. The first-order chi connectivity index (χ1) is 19.2. The van der Waals surface area contributed by atoms with Gasteiger partial charge in [-0.2, -0.15) is 5.10 Å². The van der Waals surface area contributed by atoms with Crippen molar-refractivity contribution in [1.29, 1.82) is 0 Å². The Morgan fingerprint density at radius 3 is 2.65 bits per heavy atom. The van der Waals surface area contributed by atoms with E-state index in [1.807, 2.05) is 0 Å². The minimum absolute atomic E-state index is 0.0541. The number of nitrogens with two attached hydrogens (primary N) is 1. The number of halogens is 2. The number of rotatable bonds is 5. The molecule has 202 valence electrons. The van der Waals surface area contributed by atoms with E-state index in [0.717, 1.165) is 4.90 Å². The Balaban J connectivity index is 1.39. The number of anilines is 1. The van der Waals surface area contributed by atoms with E-state index >= 15 is 0 Å². The van der Waals surface area contributed by atoms with Gasteiger partial charge in [0.25, 0.3) is 5.91 Å². The molecule has 2 atom stereocenters. The molecule has 0 unspecified atom stereocenters. The van der Waals surface area contributed by atoms with Gasteiger partial charge in [0.05, 0.1) is 17.7 Å². The minimum atomic E-state index is -1.44. The molecular weight excluding hydrogens is 520 g/mol. The lowest BCUT2D eigenvalue weighted by Gasteiger charge is -2.24. The number of fused-ring (bicyclic) bond motifs is 1. The van der Waals surface area contributed by atoms with E-state index in [4.69, 9.17) is 5.73 Å². The number of aromatic nitrogens is 4. The molecule has 2 aromatic heterocycles. The van der Waals surface area contributed by atoms with Crippen LogP contribution in [0.2, 0.25) is 0 Å². The fourth-order valence-electron chi connectivity index (χ4n) is 4.54. The summed E-state index contributed by atoms with van der Waals surface area (Å²) in [6.45, 7) is 0.855. The zero-order valence-corrected chi connectivity index (χ0v) is 21.3. The van der Waals surface area contributed by atoms with Crippen LogP contribution in [0, 0.1) is 24.6 Å². The number of nitrogens with zero attached hydrogens (tertiary/aromatic N) is 5. The Bertz CT molecular complexity index is 1690. The molecule has 5 rings (SSSR count). The standard InChI is InChI=1S/C28H23F2N7O3/c1-16-4-2-5-20(25(16)30)34-28(40)22-13-18(29)14-36(22)24(38)15-37-21-8-6-17(7-9-23-32-10-3-11-33-23)12-19(21)26(35-37)27(31)39/h2-6,8,10-12,18,22H,13-15H2,1H3,(H2,31,39)(H,34,40)/t18-,22+/m1/s1. The molecule has 1 aliphatic rings. The number of hydrogen-bond acceptors (Lipinski definition) is 6. The van der Waals surface area contributed by atoms with Gasteiger partial charge < -0.3 is 16.0 Å². The van der Waals surface area contributed by atoms with Crippen molar-refractivity contribution < 1.29 is 23.2 Å². The molecule has 0 bridgehead atoms. The zero-order valence-electron chi connectivity index (χ0n) is 21.3. The molecule has 3 N–H and O–H groups in total. The summed E-state index contributed by atoms with van der Waals surface area (Å²) in [5, 5.41) is 7.05. The second-order valence-electron chi connectivity index (χ2n) is 9.25. The number of amides is 3. The minimum Gasteiger partial charge on any atom is -0.364 e. The third-order valence-corrected chi connectivity index (χ3v) is 6.48. The molecule has 1 aliphatic heterocycles. The molecule has 0 aliphatic carbocycles.